The second kappa shape index (κ2) is 9.04. The summed E-state index contributed by atoms with van der Waals surface area (Å²) in [6, 6.07) is 7.65. The maximum atomic E-state index is 13.8. The zero-order valence-electron chi connectivity index (χ0n) is 18.4. The number of fused-ring (bicyclic) bond motifs is 1. The van der Waals surface area contributed by atoms with Gasteiger partial charge in [0.05, 0.1) is 11.5 Å². The van der Waals surface area contributed by atoms with E-state index in [1.54, 1.807) is 7.11 Å². The third-order valence-electron chi connectivity index (χ3n) is 6.72. The lowest BCUT2D eigenvalue weighted by Crippen LogP contribution is -2.64. The van der Waals surface area contributed by atoms with E-state index in [4.69, 9.17) is 4.74 Å². The van der Waals surface area contributed by atoms with Gasteiger partial charge in [-0.3, -0.25) is 14.9 Å². The van der Waals surface area contributed by atoms with Crippen LogP contribution >= 0.6 is 11.3 Å². The van der Waals surface area contributed by atoms with Crippen molar-refractivity contribution in [3.05, 3.63) is 40.4 Å². The van der Waals surface area contributed by atoms with E-state index in [0.29, 0.717) is 22.3 Å². The molecule has 1 aromatic heterocycles. The number of aromatic nitrogens is 2. The molecule has 0 radical (unpaired) electrons. The lowest BCUT2D eigenvalue weighted by molar-refractivity contribution is -0.122. The highest BCUT2D eigenvalue weighted by Gasteiger charge is 2.55. The summed E-state index contributed by atoms with van der Waals surface area (Å²) in [7, 11) is 1.60. The average Bonchev–Trinajstić information content (AvgIpc) is 3.21. The van der Waals surface area contributed by atoms with Gasteiger partial charge in [0, 0.05) is 18.7 Å². The first-order valence-corrected chi connectivity index (χ1v) is 11.9. The second-order valence-electron chi connectivity index (χ2n) is 8.54. The fourth-order valence-corrected chi connectivity index (χ4v) is 5.98. The van der Waals surface area contributed by atoms with Gasteiger partial charge in [-0.1, -0.05) is 55.7 Å². The number of hydrogen-bond donors (Lipinski definition) is 1. The molecule has 31 heavy (non-hydrogen) atoms. The molecule has 2 amide bonds. The van der Waals surface area contributed by atoms with Crippen LogP contribution in [-0.2, 0) is 16.1 Å². The number of ether oxygens (including phenoxy) is 1. The van der Waals surface area contributed by atoms with Crippen LogP contribution < -0.4 is 5.32 Å². The van der Waals surface area contributed by atoms with Gasteiger partial charge in [-0.2, -0.15) is 0 Å². The van der Waals surface area contributed by atoms with Crippen molar-refractivity contribution >= 4 is 28.3 Å². The second-order valence-corrected chi connectivity index (χ2v) is 9.60. The van der Waals surface area contributed by atoms with Gasteiger partial charge in [-0.15, -0.1) is 10.2 Å². The van der Waals surface area contributed by atoms with E-state index in [1.807, 2.05) is 29.2 Å². The topological polar surface area (TPSA) is 84.4 Å². The van der Waals surface area contributed by atoms with Gasteiger partial charge >= 0.3 is 0 Å². The number of anilines is 1. The van der Waals surface area contributed by atoms with Crippen LogP contribution in [0.1, 0.15) is 79.2 Å². The number of methoxy groups -OCH3 is 1. The Morgan fingerprint density at radius 1 is 1.29 bits per heavy atom. The molecule has 1 spiro atoms. The standard InChI is InChI=1S/C23H30N4O3S/c1-4-15(2)27-21(29)17-11-7-6-10-16(17)19(23(27)12-8-5-9-13-23)20(28)24-22-26-25-18(31-22)14-30-3/h6-7,10-11,15,19H,4-5,8-9,12-14H2,1-3H3,(H,24,26,28)/t15-,19+/m1/s1. The van der Waals surface area contributed by atoms with Crippen LogP contribution in [-0.4, -0.2) is 45.6 Å². The molecule has 166 valence electrons. The Morgan fingerprint density at radius 2 is 2.03 bits per heavy atom. The molecule has 1 aliphatic heterocycles. The van der Waals surface area contributed by atoms with Crippen molar-refractivity contribution in [1.82, 2.24) is 15.1 Å². The van der Waals surface area contributed by atoms with E-state index in [1.165, 1.54) is 11.3 Å². The molecule has 0 saturated heterocycles. The fourth-order valence-electron chi connectivity index (χ4n) is 5.27. The number of benzene rings is 1. The van der Waals surface area contributed by atoms with Crippen LogP contribution in [0.15, 0.2) is 24.3 Å². The zero-order valence-corrected chi connectivity index (χ0v) is 19.2. The number of rotatable bonds is 6. The van der Waals surface area contributed by atoms with Crippen LogP contribution in [0.25, 0.3) is 0 Å². The molecule has 1 saturated carbocycles. The number of carbonyl (C=O) groups is 2. The molecule has 7 nitrogen and oxygen atoms in total. The molecular weight excluding hydrogens is 412 g/mol. The highest BCUT2D eigenvalue weighted by Crippen LogP contribution is 2.50. The summed E-state index contributed by atoms with van der Waals surface area (Å²) in [6.45, 7) is 4.56. The van der Waals surface area contributed by atoms with Gasteiger partial charge in [-0.05, 0) is 37.8 Å². The van der Waals surface area contributed by atoms with E-state index in [-0.39, 0.29) is 17.9 Å². The highest BCUT2D eigenvalue weighted by molar-refractivity contribution is 7.15. The molecular formula is C23H30N4O3S. The first-order valence-electron chi connectivity index (χ1n) is 11.1. The first kappa shape index (κ1) is 21.9. The summed E-state index contributed by atoms with van der Waals surface area (Å²) in [4.78, 5) is 29.5. The molecule has 8 heteroatoms. The van der Waals surface area contributed by atoms with Crippen LogP contribution in [0, 0.1) is 0 Å². The molecule has 2 aliphatic rings. The van der Waals surface area contributed by atoms with Gasteiger partial charge in [0.15, 0.2) is 0 Å². The largest absolute Gasteiger partial charge is 0.377 e. The highest BCUT2D eigenvalue weighted by atomic mass is 32.1. The van der Waals surface area contributed by atoms with Gasteiger partial charge in [-0.25, -0.2) is 0 Å². The van der Waals surface area contributed by atoms with Crippen LogP contribution in [0.2, 0.25) is 0 Å². The molecule has 1 N–H and O–H groups in total. The predicted octanol–water partition coefficient (Wildman–Crippen LogP) is 4.36. The molecule has 1 aliphatic carbocycles. The molecule has 4 rings (SSSR count). The molecule has 0 unspecified atom stereocenters. The minimum atomic E-state index is -0.511. The molecule has 0 bridgehead atoms. The normalized spacial score (nSPS) is 21.1. The monoisotopic (exact) mass is 442 g/mol. The van der Waals surface area contributed by atoms with Crippen molar-refractivity contribution < 1.29 is 14.3 Å². The number of carbonyl (C=O) groups excluding carboxylic acids is 2. The van der Waals surface area contributed by atoms with Crippen molar-refractivity contribution in [2.24, 2.45) is 0 Å². The number of nitrogens with one attached hydrogen (secondary N) is 1. The maximum Gasteiger partial charge on any atom is 0.254 e. The Bertz CT molecular complexity index is 954. The van der Waals surface area contributed by atoms with E-state index < -0.39 is 11.5 Å². The predicted molar refractivity (Wildman–Crippen MR) is 120 cm³/mol. The van der Waals surface area contributed by atoms with Crippen molar-refractivity contribution in [3.63, 3.8) is 0 Å². The average molecular weight is 443 g/mol. The van der Waals surface area contributed by atoms with Gasteiger partial charge in [0.2, 0.25) is 11.0 Å². The summed E-state index contributed by atoms with van der Waals surface area (Å²) in [5.74, 6) is -0.505. The lowest BCUT2D eigenvalue weighted by atomic mass is 9.64. The molecule has 2 atom stereocenters. The Balaban J connectivity index is 1.78. The van der Waals surface area contributed by atoms with Crippen LogP contribution in [0.5, 0.6) is 0 Å². The Labute approximate surface area is 187 Å². The quantitative estimate of drug-likeness (QED) is 0.718. The van der Waals surface area contributed by atoms with E-state index in [0.717, 1.165) is 44.1 Å². The van der Waals surface area contributed by atoms with Crippen molar-refractivity contribution in [2.45, 2.75) is 76.5 Å². The minimum Gasteiger partial charge on any atom is -0.377 e. The number of nitrogens with zero attached hydrogens (tertiary/aromatic N) is 3. The van der Waals surface area contributed by atoms with Crippen molar-refractivity contribution in [2.75, 3.05) is 12.4 Å². The van der Waals surface area contributed by atoms with Gasteiger partial charge in [0.1, 0.15) is 11.6 Å². The molecule has 2 heterocycles. The molecule has 1 fully saturated rings. The summed E-state index contributed by atoms with van der Waals surface area (Å²) in [5, 5.41) is 12.4. The molecule has 1 aromatic carbocycles. The maximum absolute atomic E-state index is 13.8. The Morgan fingerprint density at radius 3 is 2.74 bits per heavy atom. The van der Waals surface area contributed by atoms with Crippen molar-refractivity contribution in [1.29, 1.82) is 0 Å². The smallest absolute Gasteiger partial charge is 0.254 e. The number of amides is 2. The number of hydrogen-bond acceptors (Lipinski definition) is 6. The fraction of sp³-hybridized carbons (Fsp3) is 0.565. The first-order chi connectivity index (χ1) is 15.0. The SMILES string of the molecule is CC[C@@H](C)N1C(=O)c2ccccc2[C@@H](C(=O)Nc2nnc(COC)s2)C12CCCCC2. The zero-order chi connectivity index (χ0) is 22.0. The van der Waals surface area contributed by atoms with Gasteiger partial charge < -0.3 is 9.64 Å². The summed E-state index contributed by atoms with van der Waals surface area (Å²) < 4.78 is 5.11. The van der Waals surface area contributed by atoms with Crippen LogP contribution in [0.4, 0.5) is 5.13 Å². The van der Waals surface area contributed by atoms with E-state index in [9.17, 15) is 9.59 Å². The minimum absolute atomic E-state index is 0.0502. The Kier molecular flexibility index (Phi) is 6.39. The Hall–Kier alpha value is -2.32. The lowest BCUT2D eigenvalue weighted by Gasteiger charge is -2.55. The third-order valence-corrected chi connectivity index (χ3v) is 7.53. The summed E-state index contributed by atoms with van der Waals surface area (Å²) in [6.07, 6.45) is 5.69. The van der Waals surface area contributed by atoms with Gasteiger partial charge in [0.25, 0.3) is 5.91 Å². The molecule has 2 aromatic rings. The van der Waals surface area contributed by atoms with Crippen LogP contribution in [0.3, 0.4) is 0 Å². The van der Waals surface area contributed by atoms with E-state index >= 15 is 0 Å². The summed E-state index contributed by atoms with van der Waals surface area (Å²) >= 11 is 1.32. The van der Waals surface area contributed by atoms with E-state index in [2.05, 4.69) is 29.4 Å². The summed E-state index contributed by atoms with van der Waals surface area (Å²) in [5.41, 5.74) is 0.952. The van der Waals surface area contributed by atoms with Crippen molar-refractivity contribution in [3.8, 4) is 0 Å². The third kappa shape index (κ3) is 3.87.